The minimum Gasteiger partial charge on any atom is -0.467 e. The number of nitrogens with zero attached hydrogens (tertiary/aromatic N) is 2. The molecule has 0 spiro atoms. The van der Waals surface area contributed by atoms with Crippen LogP contribution in [0.4, 0.5) is 0 Å². The Kier molecular flexibility index (Phi) is 5.09. The third-order valence-corrected chi connectivity index (χ3v) is 3.64. The molecular formula is C17H20N2O3. The van der Waals surface area contributed by atoms with Crippen LogP contribution in [0, 0.1) is 0 Å². The van der Waals surface area contributed by atoms with Gasteiger partial charge in [0.25, 0.3) is 5.56 Å². The number of ether oxygens (including phenoxy) is 1. The Balaban J connectivity index is 2.45. The van der Waals surface area contributed by atoms with Crippen LogP contribution in [-0.2, 0) is 16.0 Å². The predicted molar refractivity (Wildman–Crippen MR) is 84.7 cm³/mol. The first-order valence-electron chi connectivity index (χ1n) is 7.37. The third kappa shape index (κ3) is 3.24. The number of methoxy groups -OCH3 is 1. The lowest BCUT2D eigenvalue weighted by atomic mass is 10.1. The van der Waals surface area contributed by atoms with Crippen LogP contribution in [0.2, 0.25) is 0 Å². The number of carbonyl (C=O) groups is 1. The minimum atomic E-state index is -0.702. The van der Waals surface area contributed by atoms with Crippen molar-refractivity contribution in [2.24, 2.45) is 0 Å². The monoisotopic (exact) mass is 300 g/mol. The number of hydrogen-bond donors (Lipinski definition) is 0. The van der Waals surface area contributed by atoms with Crippen molar-refractivity contribution >= 4 is 5.97 Å². The van der Waals surface area contributed by atoms with Crippen molar-refractivity contribution < 1.29 is 9.53 Å². The van der Waals surface area contributed by atoms with Crippen molar-refractivity contribution in [3.63, 3.8) is 0 Å². The van der Waals surface area contributed by atoms with Gasteiger partial charge in [-0.1, -0.05) is 38.1 Å². The number of aryl methyl sites for hydroxylation is 1. The molecule has 5 nitrogen and oxygen atoms in total. The largest absolute Gasteiger partial charge is 0.467 e. The van der Waals surface area contributed by atoms with Crippen LogP contribution in [0.3, 0.4) is 0 Å². The fourth-order valence-corrected chi connectivity index (χ4v) is 2.29. The SMILES string of the molecule is CCc1ccc(-c2ccc(=O)n(C(CC)C(=O)OC)n2)cc1. The normalized spacial score (nSPS) is 12.0. The fourth-order valence-electron chi connectivity index (χ4n) is 2.29. The summed E-state index contributed by atoms with van der Waals surface area (Å²) in [5.41, 5.74) is 2.49. The standard InChI is InChI=1S/C17H20N2O3/c1-4-12-6-8-13(9-7-12)14-10-11-16(20)19(18-14)15(5-2)17(21)22-3/h6-11,15H,4-5H2,1-3H3. The lowest BCUT2D eigenvalue weighted by molar-refractivity contribution is -0.145. The highest BCUT2D eigenvalue weighted by Gasteiger charge is 2.21. The summed E-state index contributed by atoms with van der Waals surface area (Å²) in [5, 5.41) is 4.34. The van der Waals surface area contributed by atoms with Gasteiger partial charge in [0, 0.05) is 11.6 Å². The number of rotatable bonds is 5. The highest BCUT2D eigenvalue weighted by atomic mass is 16.5. The van der Waals surface area contributed by atoms with E-state index in [1.54, 1.807) is 6.07 Å². The van der Waals surface area contributed by atoms with E-state index in [0.717, 1.165) is 12.0 Å². The molecule has 0 aliphatic rings. The maximum absolute atomic E-state index is 12.0. The molecule has 0 aliphatic carbocycles. The van der Waals surface area contributed by atoms with Gasteiger partial charge in [0.2, 0.25) is 0 Å². The zero-order valence-electron chi connectivity index (χ0n) is 13.1. The van der Waals surface area contributed by atoms with Gasteiger partial charge in [-0.25, -0.2) is 9.48 Å². The van der Waals surface area contributed by atoms with E-state index in [9.17, 15) is 9.59 Å². The molecule has 0 amide bonds. The molecular weight excluding hydrogens is 280 g/mol. The number of hydrogen-bond acceptors (Lipinski definition) is 4. The van der Waals surface area contributed by atoms with Gasteiger partial charge in [-0.3, -0.25) is 4.79 Å². The maximum atomic E-state index is 12.0. The summed E-state index contributed by atoms with van der Waals surface area (Å²) in [4.78, 5) is 23.8. The highest BCUT2D eigenvalue weighted by molar-refractivity contribution is 5.74. The minimum absolute atomic E-state index is 0.314. The Morgan fingerprint density at radius 1 is 1.18 bits per heavy atom. The van der Waals surface area contributed by atoms with Crippen LogP contribution in [0.25, 0.3) is 11.3 Å². The third-order valence-electron chi connectivity index (χ3n) is 3.64. The molecule has 1 aromatic carbocycles. The van der Waals surface area contributed by atoms with E-state index in [1.165, 1.54) is 23.4 Å². The van der Waals surface area contributed by atoms with Crippen LogP contribution >= 0.6 is 0 Å². The van der Waals surface area contributed by atoms with Crippen LogP contribution in [0.15, 0.2) is 41.2 Å². The molecule has 2 aromatic rings. The van der Waals surface area contributed by atoms with Crippen molar-refractivity contribution in [3.05, 3.63) is 52.3 Å². The molecule has 0 bridgehead atoms. The molecule has 1 atom stereocenters. The van der Waals surface area contributed by atoms with Crippen LogP contribution < -0.4 is 5.56 Å². The first-order valence-corrected chi connectivity index (χ1v) is 7.37. The van der Waals surface area contributed by atoms with Gasteiger partial charge in [-0.15, -0.1) is 0 Å². The fraction of sp³-hybridized carbons (Fsp3) is 0.353. The molecule has 116 valence electrons. The average molecular weight is 300 g/mol. The van der Waals surface area contributed by atoms with E-state index < -0.39 is 12.0 Å². The summed E-state index contributed by atoms with van der Waals surface area (Å²) in [6.45, 7) is 3.91. The molecule has 2 rings (SSSR count). The predicted octanol–water partition coefficient (Wildman–Crippen LogP) is 2.60. The summed E-state index contributed by atoms with van der Waals surface area (Å²) >= 11 is 0. The Labute approximate surface area is 129 Å². The van der Waals surface area contributed by atoms with Crippen molar-refractivity contribution in [2.45, 2.75) is 32.7 Å². The molecule has 0 fully saturated rings. The number of aromatic nitrogens is 2. The number of esters is 1. The molecule has 0 saturated heterocycles. The quantitative estimate of drug-likeness (QED) is 0.796. The van der Waals surface area contributed by atoms with E-state index in [2.05, 4.69) is 12.0 Å². The Bertz CT molecular complexity index is 705. The summed E-state index contributed by atoms with van der Waals surface area (Å²) in [6.07, 6.45) is 1.41. The van der Waals surface area contributed by atoms with Crippen molar-refractivity contribution in [3.8, 4) is 11.3 Å². The molecule has 0 aliphatic heterocycles. The van der Waals surface area contributed by atoms with Gasteiger partial charge in [0.05, 0.1) is 12.8 Å². The molecule has 0 saturated carbocycles. The molecule has 5 heteroatoms. The molecule has 0 radical (unpaired) electrons. The van der Waals surface area contributed by atoms with Gasteiger partial charge in [-0.2, -0.15) is 5.10 Å². The molecule has 1 heterocycles. The Hall–Kier alpha value is -2.43. The van der Waals surface area contributed by atoms with E-state index in [4.69, 9.17) is 4.74 Å². The Morgan fingerprint density at radius 3 is 2.41 bits per heavy atom. The van der Waals surface area contributed by atoms with E-state index in [1.807, 2.05) is 31.2 Å². The summed E-state index contributed by atoms with van der Waals surface area (Å²) in [6, 6.07) is 10.4. The number of benzene rings is 1. The lowest BCUT2D eigenvalue weighted by Gasteiger charge is -2.15. The van der Waals surface area contributed by atoms with Gasteiger partial charge in [0.15, 0.2) is 6.04 Å². The molecule has 0 N–H and O–H groups in total. The van der Waals surface area contributed by atoms with Gasteiger partial charge >= 0.3 is 5.97 Å². The second kappa shape index (κ2) is 7.02. The smallest absolute Gasteiger partial charge is 0.330 e. The highest BCUT2D eigenvalue weighted by Crippen LogP contribution is 2.18. The first kappa shape index (κ1) is 15.9. The zero-order chi connectivity index (χ0) is 16.1. The number of carbonyl (C=O) groups excluding carboxylic acids is 1. The van der Waals surface area contributed by atoms with Crippen LogP contribution in [-0.4, -0.2) is 22.9 Å². The molecule has 1 aromatic heterocycles. The van der Waals surface area contributed by atoms with Crippen LogP contribution in [0.1, 0.15) is 31.9 Å². The maximum Gasteiger partial charge on any atom is 0.330 e. The van der Waals surface area contributed by atoms with Crippen molar-refractivity contribution in [1.82, 2.24) is 9.78 Å². The van der Waals surface area contributed by atoms with E-state index in [-0.39, 0.29) is 5.56 Å². The van der Waals surface area contributed by atoms with Crippen molar-refractivity contribution in [2.75, 3.05) is 7.11 Å². The Morgan fingerprint density at radius 2 is 1.86 bits per heavy atom. The second-order valence-corrected chi connectivity index (χ2v) is 5.00. The average Bonchev–Trinajstić information content (AvgIpc) is 2.57. The zero-order valence-corrected chi connectivity index (χ0v) is 13.1. The topological polar surface area (TPSA) is 61.2 Å². The molecule has 1 unspecified atom stereocenters. The lowest BCUT2D eigenvalue weighted by Crippen LogP contribution is -2.32. The van der Waals surface area contributed by atoms with E-state index >= 15 is 0 Å². The summed E-state index contributed by atoms with van der Waals surface area (Å²) in [7, 11) is 1.31. The first-order chi connectivity index (χ1) is 10.6. The van der Waals surface area contributed by atoms with Crippen molar-refractivity contribution in [1.29, 1.82) is 0 Å². The van der Waals surface area contributed by atoms with E-state index in [0.29, 0.717) is 12.1 Å². The summed E-state index contributed by atoms with van der Waals surface area (Å²) < 4.78 is 5.95. The van der Waals surface area contributed by atoms with Crippen LogP contribution in [0.5, 0.6) is 0 Å². The van der Waals surface area contributed by atoms with Gasteiger partial charge in [-0.05, 0) is 24.5 Å². The molecule has 22 heavy (non-hydrogen) atoms. The summed E-state index contributed by atoms with van der Waals surface area (Å²) in [5.74, 6) is -0.462. The second-order valence-electron chi connectivity index (χ2n) is 5.00. The van der Waals surface area contributed by atoms with Gasteiger partial charge in [0.1, 0.15) is 0 Å². The van der Waals surface area contributed by atoms with Gasteiger partial charge < -0.3 is 4.74 Å².